The van der Waals surface area contributed by atoms with E-state index in [0.29, 0.717) is 13.0 Å². The average molecular weight is 272 g/mol. The van der Waals surface area contributed by atoms with E-state index in [9.17, 15) is 19.2 Å². The van der Waals surface area contributed by atoms with Gasteiger partial charge in [0, 0.05) is 13.1 Å². The van der Waals surface area contributed by atoms with Crippen molar-refractivity contribution in [3.05, 3.63) is 0 Å². The van der Waals surface area contributed by atoms with Gasteiger partial charge in [0.25, 0.3) is 0 Å². The summed E-state index contributed by atoms with van der Waals surface area (Å²) in [6.45, 7) is 0.451. The van der Waals surface area contributed by atoms with E-state index in [-0.39, 0.29) is 6.54 Å². The van der Waals surface area contributed by atoms with E-state index in [1.165, 1.54) is 4.90 Å². The van der Waals surface area contributed by atoms with Gasteiger partial charge < -0.3 is 26.8 Å². The van der Waals surface area contributed by atoms with Crippen LogP contribution in [0.5, 0.6) is 0 Å². The number of primary amides is 2. The Kier molecular flexibility index (Phi) is 4.67. The number of hydrogen-bond donors (Lipinski definition) is 4. The quantitative estimate of drug-likeness (QED) is 0.448. The van der Waals surface area contributed by atoms with Crippen molar-refractivity contribution in [2.45, 2.75) is 18.9 Å². The van der Waals surface area contributed by atoms with Crippen molar-refractivity contribution in [2.75, 3.05) is 13.1 Å². The molecule has 106 valence electrons. The molecule has 1 heterocycles. The zero-order chi connectivity index (χ0) is 14.6. The van der Waals surface area contributed by atoms with Crippen LogP contribution in [0.25, 0.3) is 0 Å². The second-order valence-electron chi connectivity index (χ2n) is 4.34. The van der Waals surface area contributed by atoms with Gasteiger partial charge in [0.15, 0.2) is 0 Å². The number of carboxylic acid groups (broad SMARTS) is 1. The Morgan fingerprint density at radius 1 is 1.32 bits per heavy atom. The number of carbonyl (C=O) groups is 4. The first kappa shape index (κ1) is 14.7. The van der Waals surface area contributed by atoms with Crippen molar-refractivity contribution in [1.29, 1.82) is 0 Å². The summed E-state index contributed by atoms with van der Waals surface area (Å²) in [5.41, 5.74) is 10.0. The van der Waals surface area contributed by atoms with Crippen LogP contribution in [0.1, 0.15) is 12.8 Å². The minimum atomic E-state index is -1.38. The molecule has 1 rings (SSSR count). The van der Waals surface area contributed by atoms with Crippen molar-refractivity contribution < 1.29 is 24.3 Å². The minimum absolute atomic E-state index is 0.143. The standard InChI is InChI=1S/C10H16N4O5/c11-7(15)3-6(9(17)18)13-10(19)14-2-1-5(4-14)8(12)16/h5-6H,1-4H2,(H2,11,15)(H2,12,16)(H,13,19)(H,17,18)/t5?,6-/m1/s1. The summed E-state index contributed by atoms with van der Waals surface area (Å²) in [6.07, 6.45) is -0.0511. The summed E-state index contributed by atoms with van der Waals surface area (Å²) < 4.78 is 0. The van der Waals surface area contributed by atoms with Crippen LogP contribution in [0.15, 0.2) is 0 Å². The lowest BCUT2D eigenvalue weighted by atomic mass is 10.1. The van der Waals surface area contributed by atoms with Gasteiger partial charge in [0.2, 0.25) is 11.8 Å². The van der Waals surface area contributed by atoms with Crippen molar-refractivity contribution in [1.82, 2.24) is 10.2 Å². The summed E-state index contributed by atoms with van der Waals surface area (Å²) in [7, 11) is 0. The normalized spacial score (nSPS) is 19.8. The Balaban J connectivity index is 2.56. The van der Waals surface area contributed by atoms with E-state index >= 15 is 0 Å². The molecule has 0 spiro atoms. The molecule has 0 bridgehead atoms. The van der Waals surface area contributed by atoms with E-state index in [2.05, 4.69) is 5.32 Å². The molecule has 1 aliphatic heterocycles. The number of aliphatic carboxylic acids is 1. The third-order valence-corrected chi connectivity index (χ3v) is 2.88. The molecule has 19 heavy (non-hydrogen) atoms. The van der Waals surface area contributed by atoms with E-state index in [1.54, 1.807) is 0 Å². The van der Waals surface area contributed by atoms with E-state index in [1.807, 2.05) is 0 Å². The maximum absolute atomic E-state index is 11.8. The largest absolute Gasteiger partial charge is 0.480 e. The fraction of sp³-hybridized carbons (Fsp3) is 0.600. The molecule has 0 aromatic heterocycles. The van der Waals surface area contributed by atoms with Crippen molar-refractivity contribution in [3.8, 4) is 0 Å². The van der Waals surface area contributed by atoms with E-state index < -0.39 is 42.2 Å². The second-order valence-corrected chi connectivity index (χ2v) is 4.34. The molecule has 6 N–H and O–H groups in total. The average Bonchev–Trinajstić information content (AvgIpc) is 2.76. The molecule has 4 amide bonds. The molecule has 9 nitrogen and oxygen atoms in total. The SMILES string of the molecule is NC(=O)C[C@@H](NC(=O)N1CCC(C(N)=O)C1)C(=O)O. The van der Waals surface area contributed by atoms with Gasteiger partial charge in [-0.2, -0.15) is 0 Å². The number of amides is 4. The summed E-state index contributed by atoms with van der Waals surface area (Å²) in [4.78, 5) is 45.5. The smallest absolute Gasteiger partial charge is 0.326 e. The van der Waals surface area contributed by atoms with Gasteiger partial charge in [-0.15, -0.1) is 0 Å². The monoisotopic (exact) mass is 272 g/mol. The zero-order valence-corrected chi connectivity index (χ0v) is 10.2. The first-order valence-electron chi connectivity index (χ1n) is 5.67. The molecule has 0 aromatic carbocycles. The number of hydrogen-bond acceptors (Lipinski definition) is 4. The third-order valence-electron chi connectivity index (χ3n) is 2.88. The molecule has 9 heteroatoms. The van der Waals surface area contributed by atoms with Crippen LogP contribution in [0.2, 0.25) is 0 Å². The van der Waals surface area contributed by atoms with Gasteiger partial charge in [-0.25, -0.2) is 9.59 Å². The number of nitrogens with two attached hydrogens (primary N) is 2. The van der Waals surface area contributed by atoms with Crippen LogP contribution < -0.4 is 16.8 Å². The molecule has 1 unspecified atom stereocenters. The van der Waals surface area contributed by atoms with Crippen molar-refractivity contribution in [2.24, 2.45) is 17.4 Å². The van der Waals surface area contributed by atoms with Crippen LogP contribution in [-0.2, 0) is 14.4 Å². The Morgan fingerprint density at radius 3 is 2.37 bits per heavy atom. The minimum Gasteiger partial charge on any atom is -0.480 e. The Morgan fingerprint density at radius 2 is 1.95 bits per heavy atom. The van der Waals surface area contributed by atoms with Crippen molar-refractivity contribution >= 4 is 23.8 Å². The predicted octanol–water partition coefficient (Wildman–Crippen LogP) is -2.17. The van der Waals surface area contributed by atoms with Gasteiger partial charge in [-0.3, -0.25) is 9.59 Å². The summed E-state index contributed by atoms with van der Waals surface area (Å²) in [5.74, 6) is -3.10. The summed E-state index contributed by atoms with van der Waals surface area (Å²) >= 11 is 0. The molecule has 1 aliphatic rings. The molecule has 2 atom stereocenters. The van der Waals surface area contributed by atoms with Gasteiger partial charge in [0.1, 0.15) is 6.04 Å². The fourth-order valence-corrected chi connectivity index (χ4v) is 1.82. The molecule has 1 fully saturated rings. The maximum atomic E-state index is 11.8. The summed E-state index contributed by atoms with van der Waals surface area (Å²) in [6, 6.07) is -2.03. The fourth-order valence-electron chi connectivity index (χ4n) is 1.82. The maximum Gasteiger partial charge on any atom is 0.326 e. The number of urea groups is 1. The van der Waals surface area contributed by atoms with E-state index in [4.69, 9.17) is 16.6 Å². The lowest BCUT2D eigenvalue weighted by Gasteiger charge is -2.20. The third kappa shape index (κ3) is 4.12. The van der Waals surface area contributed by atoms with Gasteiger partial charge in [-0.1, -0.05) is 0 Å². The number of carbonyl (C=O) groups excluding carboxylic acids is 3. The molecule has 0 saturated carbocycles. The molecule has 1 saturated heterocycles. The molecular weight excluding hydrogens is 256 g/mol. The van der Waals surface area contributed by atoms with Crippen LogP contribution in [0.3, 0.4) is 0 Å². The second kappa shape index (κ2) is 6.03. The van der Waals surface area contributed by atoms with Crippen molar-refractivity contribution in [3.63, 3.8) is 0 Å². The topological polar surface area (TPSA) is 156 Å². The van der Waals surface area contributed by atoms with Crippen LogP contribution in [0.4, 0.5) is 4.79 Å². The first-order chi connectivity index (χ1) is 8.81. The van der Waals surface area contributed by atoms with Crippen LogP contribution in [-0.4, -0.2) is 53.0 Å². The lowest BCUT2D eigenvalue weighted by molar-refractivity contribution is -0.141. The van der Waals surface area contributed by atoms with E-state index in [0.717, 1.165) is 0 Å². The highest BCUT2D eigenvalue weighted by atomic mass is 16.4. The number of rotatable bonds is 5. The molecule has 0 aromatic rings. The Hall–Kier alpha value is -2.32. The number of likely N-dealkylation sites (tertiary alicyclic amines) is 1. The highest BCUT2D eigenvalue weighted by molar-refractivity contribution is 5.88. The number of nitrogens with zero attached hydrogens (tertiary/aromatic N) is 1. The lowest BCUT2D eigenvalue weighted by Crippen LogP contribution is -2.48. The molecule has 0 radical (unpaired) electrons. The molecule has 0 aliphatic carbocycles. The van der Waals surface area contributed by atoms with Gasteiger partial charge >= 0.3 is 12.0 Å². The van der Waals surface area contributed by atoms with Crippen LogP contribution >= 0.6 is 0 Å². The van der Waals surface area contributed by atoms with Gasteiger partial charge in [-0.05, 0) is 6.42 Å². The first-order valence-corrected chi connectivity index (χ1v) is 5.67. The zero-order valence-electron chi connectivity index (χ0n) is 10.2. The Labute approximate surface area is 108 Å². The van der Waals surface area contributed by atoms with Crippen LogP contribution in [0, 0.1) is 5.92 Å². The molecular formula is C10H16N4O5. The highest BCUT2D eigenvalue weighted by Gasteiger charge is 2.32. The Bertz CT molecular complexity index is 411. The summed E-state index contributed by atoms with van der Waals surface area (Å²) in [5, 5.41) is 11.0. The number of nitrogens with one attached hydrogen (secondary N) is 1. The number of carboxylic acids is 1. The van der Waals surface area contributed by atoms with Gasteiger partial charge in [0.05, 0.1) is 12.3 Å². The highest BCUT2D eigenvalue weighted by Crippen LogP contribution is 2.15. The predicted molar refractivity (Wildman–Crippen MR) is 62.6 cm³/mol.